The van der Waals surface area contributed by atoms with Gasteiger partial charge in [0.1, 0.15) is 0 Å². The lowest BCUT2D eigenvalue weighted by atomic mass is 10.1. The number of nitrogens with one attached hydrogen (secondary N) is 2. The summed E-state index contributed by atoms with van der Waals surface area (Å²) in [4.78, 5) is 6.72. The number of sulfonamides is 1. The number of rotatable bonds is 10. The second-order valence-corrected chi connectivity index (χ2v) is 10.3. The van der Waals surface area contributed by atoms with Gasteiger partial charge in [0, 0.05) is 30.3 Å². The minimum Gasteiger partial charge on any atom is -0.355 e. The lowest BCUT2D eigenvalue weighted by molar-refractivity contribution is 0.227. The summed E-state index contributed by atoms with van der Waals surface area (Å²) >= 11 is 0. The molecule has 1 aromatic heterocycles. The molecule has 2 N–H and O–H groups in total. The van der Waals surface area contributed by atoms with Crippen LogP contribution in [0.5, 0.6) is 0 Å². The maximum absolute atomic E-state index is 12.8. The predicted octanol–water partition coefficient (Wildman–Crippen LogP) is 5.15. The summed E-state index contributed by atoms with van der Waals surface area (Å²) in [5.74, 6) is 0. The van der Waals surface area contributed by atoms with Gasteiger partial charge in [0.15, 0.2) is 0 Å². The Morgan fingerprint density at radius 3 is 2.35 bits per heavy atom. The number of aromatic nitrogens is 1. The van der Waals surface area contributed by atoms with Gasteiger partial charge in [0.25, 0.3) is 0 Å². The topological polar surface area (TPSA) is 74.3 Å². The third kappa shape index (κ3) is 7.25. The van der Waals surface area contributed by atoms with Crippen molar-refractivity contribution in [3.05, 3.63) is 84.2 Å². The van der Waals surface area contributed by atoms with Gasteiger partial charge in [-0.15, -0.1) is 0 Å². The second-order valence-electron chi connectivity index (χ2n) is 8.55. The van der Waals surface area contributed by atoms with Crippen molar-refractivity contribution >= 4 is 33.6 Å². The van der Waals surface area contributed by atoms with Crippen molar-refractivity contribution in [1.29, 1.82) is 0 Å². The third-order valence-electron chi connectivity index (χ3n) is 5.89. The van der Waals surface area contributed by atoms with E-state index < -0.39 is 10.0 Å². The van der Waals surface area contributed by atoms with Crippen molar-refractivity contribution in [3.8, 4) is 0 Å². The molecule has 178 valence electrons. The Morgan fingerprint density at radius 1 is 0.853 bits per heavy atom. The van der Waals surface area contributed by atoms with Gasteiger partial charge in [-0.25, -0.2) is 13.1 Å². The zero-order valence-electron chi connectivity index (χ0n) is 19.4. The largest absolute Gasteiger partial charge is 0.355 e. The van der Waals surface area contributed by atoms with E-state index in [1.54, 1.807) is 30.6 Å². The first kappa shape index (κ1) is 24.1. The molecule has 0 radical (unpaired) electrons. The number of pyridine rings is 1. The standard InChI is InChI=1S/C27H32N4O2S/c32-34(33,29-15-6-20-31-18-2-1-3-19-31)27-10-5-9-26(22-27)30-25-8-4-7-24(21-25)12-11-23-13-16-28-17-14-23/h4-5,7-14,16-17,21-22,29-30H,1-3,6,15,18-20H2. The van der Waals surface area contributed by atoms with E-state index in [0.29, 0.717) is 6.54 Å². The zero-order chi connectivity index (χ0) is 23.6. The van der Waals surface area contributed by atoms with Crippen LogP contribution in [0, 0.1) is 0 Å². The molecule has 1 saturated heterocycles. The monoisotopic (exact) mass is 476 g/mol. The number of anilines is 2. The van der Waals surface area contributed by atoms with Crippen molar-refractivity contribution in [2.24, 2.45) is 0 Å². The summed E-state index contributed by atoms with van der Waals surface area (Å²) in [5, 5.41) is 3.32. The van der Waals surface area contributed by atoms with Crippen molar-refractivity contribution < 1.29 is 8.42 Å². The molecule has 1 aliphatic rings. The Hall–Kier alpha value is -3.00. The molecule has 0 amide bonds. The van der Waals surface area contributed by atoms with Crippen LogP contribution in [0.3, 0.4) is 0 Å². The van der Waals surface area contributed by atoms with E-state index >= 15 is 0 Å². The van der Waals surface area contributed by atoms with Gasteiger partial charge in [-0.05, 0) is 92.5 Å². The summed E-state index contributed by atoms with van der Waals surface area (Å²) in [6.07, 6.45) is 12.2. The number of benzene rings is 2. The fraction of sp³-hybridized carbons (Fsp3) is 0.296. The van der Waals surface area contributed by atoms with Crippen LogP contribution < -0.4 is 10.0 Å². The van der Waals surface area contributed by atoms with Crippen LogP contribution in [-0.2, 0) is 10.0 Å². The first-order valence-corrected chi connectivity index (χ1v) is 13.3. The molecule has 4 rings (SSSR count). The van der Waals surface area contributed by atoms with Crippen molar-refractivity contribution in [2.45, 2.75) is 30.6 Å². The van der Waals surface area contributed by atoms with Gasteiger partial charge in [0.05, 0.1) is 4.90 Å². The molecule has 0 unspecified atom stereocenters. The van der Waals surface area contributed by atoms with E-state index in [2.05, 4.69) is 19.9 Å². The quantitative estimate of drug-likeness (QED) is 0.396. The fourth-order valence-electron chi connectivity index (χ4n) is 4.07. The van der Waals surface area contributed by atoms with Crippen molar-refractivity contribution in [1.82, 2.24) is 14.6 Å². The van der Waals surface area contributed by atoms with Gasteiger partial charge in [-0.2, -0.15) is 0 Å². The summed E-state index contributed by atoms with van der Waals surface area (Å²) < 4.78 is 28.3. The summed E-state index contributed by atoms with van der Waals surface area (Å²) in [5.41, 5.74) is 3.74. The highest BCUT2D eigenvalue weighted by molar-refractivity contribution is 7.89. The molecule has 7 heteroatoms. The molecule has 6 nitrogen and oxygen atoms in total. The van der Waals surface area contributed by atoms with E-state index in [4.69, 9.17) is 0 Å². The molecule has 0 atom stereocenters. The minimum absolute atomic E-state index is 0.268. The van der Waals surface area contributed by atoms with Gasteiger partial charge >= 0.3 is 0 Å². The molecule has 34 heavy (non-hydrogen) atoms. The molecular weight excluding hydrogens is 444 g/mol. The van der Waals surface area contributed by atoms with E-state index in [1.807, 2.05) is 54.6 Å². The highest BCUT2D eigenvalue weighted by atomic mass is 32.2. The van der Waals surface area contributed by atoms with E-state index in [-0.39, 0.29) is 4.90 Å². The van der Waals surface area contributed by atoms with Crippen molar-refractivity contribution in [3.63, 3.8) is 0 Å². The molecule has 3 aromatic rings. The van der Waals surface area contributed by atoms with E-state index in [1.165, 1.54) is 19.3 Å². The smallest absolute Gasteiger partial charge is 0.240 e. The van der Waals surface area contributed by atoms with Crippen molar-refractivity contribution in [2.75, 3.05) is 31.5 Å². The molecule has 2 heterocycles. The molecule has 0 saturated carbocycles. The molecule has 1 fully saturated rings. The molecule has 0 spiro atoms. The number of nitrogens with zero attached hydrogens (tertiary/aromatic N) is 2. The lowest BCUT2D eigenvalue weighted by Gasteiger charge is -2.26. The number of piperidine rings is 1. The Morgan fingerprint density at radius 2 is 1.56 bits per heavy atom. The maximum atomic E-state index is 12.8. The first-order chi connectivity index (χ1) is 16.6. The van der Waals surface area contributed by atoms with Crippen LogP contribution in [0.4, 0.5) is 11.4 Å². The lowest BCUT2D eigenvalue weighted by Crippen LogP contribution is -2.33. The molecule has 2 aromatic carbocycles. The highest BCUT2D eigenvalue weighted by Gasteiger charge is 2.15. The van der Waals surface area contributed by atoms with Gasteiger partial charge in [-0.1, -0.05) is 36.8 Å². The minimum atomic E-state index is -3.55. The SMILES string of the molecule is O=S(=O)(NCCCN1CCCCC1)c1cccc(Nc2cccc(C=Cc3ccncc3)c2)c1. The fourth-order valence-corrected chi connectivity index (χ4v) is 5.19. The van der Waals surface area contributed by atoms with Crippen LogP contribution >= 0.6 is 0 Å². The average molecular weight is 477 g/mol. The van der Waals surface area contributed by atoms with Crippen LogP contribution in [0.2, 0.25) is 0 Å². The molecule has 0 aliphatic carbocycles. The number of hydrogen-bond donors (Lipinski definition) is 2. The van der Waals surface area contributed by atoms with Crippen LogP contribution in [-0.4, -0.2) is 44.5 Å². The average Bonchev–Trinajstić information content (AvgIpc) is 2.87. The second kappa shape index (κ2) is 11.9. The Bertz CT molecular complexity index is 1190. The predicted molar refractivity (Wildman–Crippen MR) is 139 cm³/mol. The zero-order valence-corrected chi connectivity index (χ0v) is 20.2. The first-order valence-electron chi connectivity index (χ1n) is 11.9. The van der Waals surface area contributed by atoms with Gasteiger partial charge in [0.2, 0.25) is 10.0 Å². The molecule has 1 aliphatic heterocycles. The van der Waals surface area contributed by atoms with Gasteiger partial charge in [-0.3, -0.25) is 4.98 Å². The number of likely N-dealkylation sites (tertiary alicyclic amines) is 1. The maximum Gasteiger partial charge on any atom is 0.240 e. The third-order valence-corrected chi connectivity index (χ3v) is 7.34. The normalized spacial score (nSPS) is 14.9. The van der Waals surface area contributed by atoms with Crippen LogP contribution in [0.1, 0.15) is 36.8 Å². The number of hydrogen-bond acceptors (Lipinski definition) is 5. The summed E-state index contributed by atoms with van der Waals surface area (Å²) in [7, 11) is -3.55. The molecular formula is C27H32N4O2S. The van der Waals surface area contributed by atoms with E-state index in [9.17, 15) is 8.42 Å². The molecule has 0 bridgehead atoms. The summed E-state index contributed by atoms with van der Waals surface area (Å²) in [6, 6.07) is 18.8. The Kier molecular flexibility index (Phi) is 8.46. The Labute approximate surface area is 202 Å². The summed E-state index contributed by atoms with van der Waals surface area (Å²) in [6.45, 7) is 3.64. The Balaban J connectivity index is 1.35. The highest BCUT2D eigenvalue weighted by Crippen LogP contribution is 2.22. The van der Waals surface area contributed by atoms with Crippen LogP contribution in [0.25, 0.3) is 12.2 Å². The van der Waals surface area contributed by atoms with E-state index in [0.717, 1.165) is 48.6 Å². The van der Waals surface area contributed by atoms with Crippen LogP contribution in [0.15, 0.2) is 78.0 Å². The van der Waals surface area contributed by atoms with Gasteiger partial charge < -0.3 is 10.2 Å².